The lowest BCUT2D eigenvalue weighted by molar-refractivity contribution is 0.0533. The highest BCUT2D eigenvalue weighted by atomic mass is 31.2. The van der Waals surface area contributed by atoms with Crippen LogP contribution in [0.15, 0.2) is 11.6 Å². The summed E-state index contributed by atoms with van der Waals surface area (Å²) in [7, 11) is -1.93. The van der Waals surface area contributed by atoms with Gasteiger partial charge in [0.15, 0.2) is 0 Å². The first-order valence-electron chi connectivity index (χ1n) is 9.42. The normalized spacial score (nSPS) is 15.9. The van der Waals surface area contributed by atoms with Crippen molar-refractivity contribution in [1.29, 1.82) is 0 Å². The van der Waals surface area contributed by atoms with Gasteiger partial charge in [0, 0.05) is 17.3 Å². The number of fused-ring (bicyclic) bond motifs is 1. The first kappa shape index (κ1) is 22.5. The van der Waals surface area contributed by atoms with Gasteiger partial charge in [0.1, 0.15) is 23.7 Å². The number of rotatable bonds is 10. The first-order valence-corrected chi connectivity index (χ1v) is 11.2. The molecule has 1 aliphatic heterocycles. The van der Waals surface area contributed by atoms with Crippen molar-refractivity contribution >= 4 is 13.6 Å². The predicted octanol–water partition coefficient (Wildman–Crippen LogP) is 4.26. The zero-order valence-corrected chi connectivity index (χ0v) is 17.8. The van der Waals surface area contributed by atoms with E-state index in [2.05, 4.69) is 0 Å². The second-order valence-electron chi connectivity index (χ2n) is 6.91. The van der Waals surface area contributed by atoms with Crippen molar-refractivity contribution in [2.75, 3.05) is 19.9 Å². The summed E-state index contributed by atoms with van der Waals surface area (Å²) >= 11 is 0. The Morgan fingerprint density at radius 1 is 1.36 bits per heavy atom. The Balaban J connectivity index is 2.05. The molecule has 0 fully saturated rings. The van der Waals surface area contributed by atoms with E-state index in [1.54, 1.807) is 6.92 Å². The molecule has 8 heteroatoms. The van der Waals surface area contributed by atoms with Crippen LogP contribution in [-0.4, -0.2) is 35.8 Å². The average molecular weight is 412 g/mol. The quantitative estimate of drug-likeness (QED) is 0.256. The zero-order chi connectivity index (χ0) is 20.9. The number of hydrogen-bond donors (Lipinski definition) is 2. The van der Waals surface area contributed by atoms with Crippen LogP contribution in [0, 0.1) is 6.92 Å². The molecule has 0 amide bonds. The summed E-state index contributed by atoms with van der Waals surface area (Å²) in [5, 5.41) is 10.6. The number of allylic oxidation sites excluding steroid dienone is 2. The number of phenols is 1. The topological polar surface area (TPSA) is 102 Å². The smallest absolute Gasteiger partial charge is 0.342 e. The van der Waals surface area contributed by atoms with E-state index in [0.29, 0.717) is 29.7 Å². The maximum absolute atomic E-state index is 11.9. The Kier molecular flexibility index (Phi) is 7.70. The fourth-order valence-corrected chi connectivity index (χ4v) is 4.54. The number of carbonyl (C=O) groups is 1. The van der Waals surface area contributed by atoms with E-state index < -0.39 is 13.6 Å². The van der Waals surface area contributed by atoms with Gasteiger partial charge in [-0.05, 0) is 52.0 Å². The summed E-state index contributed by atoms with van der Waals surface area (Å²) in [6.45, 7) is 5.89. The highest BCUT2D eigenvalue weighted by Crippen LogP contribution is 2.43. The zero-order valence-electron chi connectivity index (χ0n) is 16.9. The largest absolute Gasteiger partial charge is 0.507 e. The minimum atomic E-state index is -3.47. The molecule has 0 spiro atoms. The highest BCUT2D eigenvalue weighted by Gasteiger charge is 2.31. The van der Waals surface area contributed by atoms with Gasteiger partial charge in [-0.3, -0.25) is 4.57 Å². The molecule has 1 unspecified atom stereocenters. The summed E-state index contributed by atoms with van der Waals surface area (Å²) in [6.07, 6.45) is 4.66. The summed E-state index contributed by atoms with van der Waals surface area (Å²) in [5.41, 5.74) is 3.36. The summed E-state index contributed by atoms with van der Waals surface area (Å²) < 4.78 is 27.1. The van der Waals surface area contributed by atoms with Crippen LogP contribution in [0.3, 0.4) is 0 Å². The molecule has 0 radical (unpaired) electrons. The number of cyclic esters (lactones) is 1. The van der Waals surface area contributed by atoms with Crippen LogP contribution in [0.4, 0.5) is 0 Å². The van der Waals surface area contributed by atoms with Gasteiger partial charge < -0.3 is 24.0 Å². The van der Waals surface area contributed by atoms with Crippen molar-refractivity contribution in [3.63, 3.8) is 0 Å². The molecule has 7 nitrogen and oxygen atoms in total. The molecule has 156 valence electrons. The van der Waals surface area contributed by atoms with Crippen molar-refractivity contribution in [2.24, 2.45) is 0 Å². The molecule has 1 atom stereocenters. The summed E-state index contributed by atoms with van der Waals surface area (Å²) in [5.74, 6) is -0.0265. The Morgan fingerprint density at radius 3 is 2.71 bits per heavy atom. The van der Waals surface area contributed by atoms with Gasteiger partial charge in [-0.2, -0.15) is 0 Å². The van der Waals surface area contributed by atoms with Crippen LogP contribution in [0.1, 0.15) is 60.2 Å². The second kappa shape index (κ2) is 9.59. The van der Waals surface area contributed by atoms with Crippen molar-refractivity contribution in [2.45, 2.75) is 53.1 Å². The standard InChI is InChI=1S/C20H29O7P/c1-5-27-28(23,24)11-7-6-8-13(2)9-10-15-18(21)17-16(12-26-20(17)22)14(3)19(15)25-4/h9,21H,5-8,10-12H2,1-4H3,(H,23,24)/b13-9+. The van der Waals surface area contributed by atoms with Crippen LogP contribution in [-0.2, 0) is 26.9 Å². The van der Waals surface area contributed by atoms with Crippen molar-refractivity contribution in [1.82, 2.24) is 0 Å². The van der Waals surface area contributed by atoms with Crippen molar-refractivity contribution < 1.29 is 33.4 Å². The van der Waals surface area contributed by atoms with Gasteiger partial charge in [-0.15, -0.1) is 0 Å². The maximum Gasteiger partial charge on any atom is 0.342 e. The van der Waals surface area contributed by atoms with Crippen LogP contribution < -0.4 is 4.74 Å². The Hall–Kier alpha value is -1.82. The van der Waals surface area contributed by atoms with Gasteiger partial charge in [0.2, 0.25) is 0 Å². The molecule has 1 aromatic carbocycles. The minimum absolute atomic E-state index is 0.0815. The molecular weight excluding hydrogens is 383 g/mol. The molecule has 0 saturated heterocycles. The fraction of sp³-hybridized carbons (Fsp3) is 0.550. The number of ether oxygens (including phenoxy) is 2. The molecular formula is C20H29O7P. The number of phenolic OH excluding ortho intramolecular Hbond substituents is 1. The van der Waals surface area contributed by atoms with E-state index >= 15 is 0 Å². The molecule has 0 saturated carbocycles. The van der Waals surface area contributed by atoms with E-state index in [4.69, 9.17) is 14.0 Å². The number of carbonyl (C=O) groups excluding carboxylic acids is 1. The van der Waals surface area contributed by atoms with Crippen LogP contribution in [0.5, 0.6) is 11.5 Å². The number of hydrogen-bond acceptors (Lipinski definition) is 6. The number of methoxy groups -OCH3 is 1. The third-order valence-corrected chi connectivity index (χ3v) is 6.44. The molecule has 0 aromatic heterocycles. The average Bonchev–Trinajstić information content (AvgIpc) is 3.02. The molecule has 0 aliphatic carbocycles. The third-order valence-electron chi connectivity index (χ3n) is 4.89. The number of unbranched alkanes of at least 4 members (excludes halogenated alkanes) is 1. The van der Waals surface area contributed by atoms with Gasteiger partial charge in [0.25, 0.3) is 0 Å². The van der Waals surface area contributed by atoms with E-state index in [9.17, 15) is 19.4 Å². The Bertz CT molecular complexity index is 814. The molecule has 1 heterocycles. The lowest BCUT2D eigenvalue weighted by Crippen LogP contribution is -2.03. The highest BCUT2D eigenvalue weighted by molar-refractivity contribution is 7.52. The van der Waals surface area contributed by atoms with Crippen LogP contribution in [0.25, 0.3) is 0 Å². The van der Waals surface area contributed by atoms with Gasteiger partial charge in [-0.25, -0.2) is 4.79 Å². The second-order valence-corrected chi connectivity index (χ2v) is 8.89. The van der Waals surface area contributed by atoms with E-state index in [1.807, 2.05) is 19.9 Å². The molecule has 28 heavy (non-hydrogen) atoms. The van der Waals surface area contributed by atoms with Gasteiger partial charge in [-0.1, -0.05) is 11.6 Å². The number of benzene rings is 1. The lowest BCUT2D eigenvalue weighted by Gasteiger charge is -2.15. The number of aromatic hydroxyl groups is 1. The lowest BCUT2D eigenvalue weighted by atomic mass is 9.94. The van der Waals surface area contributed by atoms with Gasteiger partial charge in [0.05, 0.1) is 13.7 Å². The van der Waals surface area contributed by atoms with E-state index in [0.717, 1.165) is 24.0 Å². The molecule has 1 aliphatic rings. The van der Waals surface area contributed by atoms with Crippen LogP contribution in [0.2, 0.25) is 0 Å². The third kappa shape index (κ3) is 5.16. The van der Waals surface area contributed by atoms with E-state index in [1.165, 1.54) is 7.11 Å². The molecule has 2 rings (SSSR count). The monoisotopic (exact) mass is 412 g/mol. The minimum Gasteiger partial charge on any atom is -0.507 e. The summed E-state index contributed by atoms with van der Waals surface area (Å²) in [4.78, 5) is 21.5. The van der Waals surface area contributed by atoms with Crippen LogP contribution >= 0.6 is 7.60 Å². The maximum atomic E-state index is 11.9. The van der Waals surface area contributed by atoms with Crippen molar-refractivity contribution in [3.05, 3.63) is 33.9 Å². The molecule has 1 aromatic rings. The SMILES string of the molecule is CCOP(=O)(O)CCCC/C(C)=C/Cc1c(O)c2c(c(C)c1OC)COC2=O. The Morgan fingerprint density at radius 2 is 2.07 bits per heavy atom. The van der Waals surface area contributed by atoms with Crippen molar-refractivity contribution in [3.8, 4) is 11.5 Å². The molecule has 0 bridgehead atoms. The van der Waals surface area contributed by atoms with E-state index in [-0.39, 0.29) is 30.7 Å². The van der Waals surface area contributed by atoms with Gasteiger partial charge >= 0.3 is 13.6 Å². The number of esters is 1. The predicted molar refractivity (Wildman–Crippen MR) is 106 cm³/mol. The fourth-order valence-electron chi connectivity index (χ4n) is 3.39. The molecule has 2 N–H and O–H groups in total. The first-order chi connectivity index (χ1) is 13.2. The Labute approximate surface area is 165 Å². The summed E-state index contributed by atoms with van der Waals surface area (Å²) in [6, 6.07) is 0.